The summed E-state index contributed by atoms with van der Waals surface area (Å²) >= 11 is 0. The number of nitrogens with zero attached hydrogens (tertiary/aromatic N) is 2. The smallest absolute Gasteiger partial charge is 0.318 e. The van der Waals surface area contributed by atoms with Gasteiger partial charge in [-0.15, -0.1) is 13.2 Å². The predicted octanol–water partition coefficient (Wildman–Crippen LogP) is 2.63. The van der Waals surface area contributed by atoms with E-state index in [1.54, 1.807) is 17.1 Å². The van der Waals surface area contributed by atoms with Crippen LogP contribution in [0.15, 0.2) is 49.6 Å². The standard InChI is InChI=1S/C17H25N3O/c1-5-11-20(12-6-2)17(21)18-13-15-7-9-16(10-8-15)14-19(3)4/h5-10H,1-2,11-14H2,3-4H3,(H,18,21). The molecule has 2 amide bonds. The molecule has 0 bridgehead atoms. The van der Waals surface area contributed by atoms with Crippen LogP contribution in [0.3, 0.4) is 0 Å². The maximum absolute atomic E-state index is 12.0. The fourth-order valence-corrected chi connectivity index (χ4v) is 1.97. The van der Waals surface area contributed by atoms with Crippen LogP contribution in [0.25, 0.3) is 0 Å². The zero-order valence-electron chi connectivity index (χ0n) is 13.0. The second kappa shape index (κ2) is 8.97. The van der Waals surface area contributed by atoms with E-state index in [4.69, 9.17) is 0 Å². The van der Waals surface area contributed by atoms with Crippen molar-refractivity contribution in [3.8, 4) is 0 Å². The summed E-state index contributed by atoms with van der Waals surface area (Å²) in [6.45, 7) is 9.78. The first-order valence-corrected chi connectivity index (χ1v) is 7.04. The van der Waals surface area contributed by atoms with Gasteiger partial charge in [0.05, 0.1) is 0 Å². The van der Waals surface area contributed by atoms with Crippen LogP contribution in [-0.4, -0.2) is 43.0 Å². The van der Waals surface area contributed by atoms with Crippen LogP contribution in [0.2, 0.25) is 0 Å². The predicted molar refractivity (Wildman–Crippen MR) is 88.0 cm³/mol. The Labute approximate surface area is 127 Å². The van der Waals surface area contributed by atoms with Gasteiger partial charge in [-0.25, -0.2) is 4.79 Å². The van der Waals surface area contributed by atoms with Gasteiger partial charge in [0.25, 0.3) is 0 Å². The molecule has 0 aliphatic carbocycles. The number of amides is 2. The fraction of sp³-hybridized carbons (Fsp3) is 0.353. The number of carbonyl (C=O) groups is 1. The maximum atomic E-state index is 12.0. The zero-order valence-corrected chi connectivity index (χ0v) is 13.0. The van der Waals surface area contributed by atoms with E-state index in [-0.39, 0.29) is 6.03 Å². The van der Waals surface area contributed by atoms with E-state index >= 15 is 0 Å². The van der Waals surface area contributed by atoms with Crippen molar-refractivity contribution in [3.63, 3.8) is 0 Å². The van der Waals surface area contributed by atoms with E-state index in [0.717, 1.165) is 12.1 Å². The molecule has 1 N–H and O–H groups in total. The number of urea groups is 1. The second-order valence-corrected chi connectivity index (χ2v) is 5.20. The fourth-order valence-electron chi connectivity index (χ4n) is 1.97. The van der Waals surface area contributed by atoms with Crippen molar-refractivity contribution >= 4 is 6.03 Å². The van der Waals surface area contributed by atoms with Crippen LogP contribution in [0.5, 0.6) is 0 Å². The molecule has 0 aliphatic heterocycles. The van der Waals surface area contributed by atoms with Crippen molar-refractivity contribution in [2.75, 3.05) is 27.2 Å². The quantitative estimate of drug-likeness (QED) is 0.746. The van der Waals surface area contributed by atoms with Crippen molar-refractivity contribution < 1.29 is 4.79 Å². The Balaban J connectivity index is 2.51. The van der Waals surface area contributed by atoms with Gasteiger partial charge in [0.1, 0.15) is 0 Å². The summed E-state index contributed by atoms with van der Waals surface area (Å²) in [5, 5.41) is 2.91. The molecule has 4 heteroatoms. The van der Waals surface area contributed by atoms with Crippen LogP contribution in [0.4, 0.5) is 4.79 Å². The summed E-state index contributed by atoms with van der Waals surface area (Å²) in [5.41, 5.74) is 2.35. The summed E-state index contributed by atoms with van der Waals surface area (Å²) in [4.78, 5) is 15.8. The first kappa shape index (κ1) is 17.0. The lowest BCUT2D eigenvalue weighted by Gasteiger charge is -2.20. The van der Waals surface area contributed by atoms with Gasteiger partial charge in [0, 0.05) is 26.2 Å². The van der Waals surface area contributed by atoms with Crippen molar-refractivity contribution in [1.29, 1.82) is 0 Å². The lowest BCUT2D eigenvalue weighted by molar-refractivity contribution is 0.208. The summed E-state index contributed by atoms with van der Waals surface area (Å²) < 4.78 is 0. The van der Waals surface area contributed by atoms with Crippen LogP contribution in [0.1, 0.15) is 11.1 Å². The summed E-state index contributed by atoms with van der Waals surface area (Å²) in [5.74, 6) is 0. The Bertz CT molecular complexity index is 455. The van der Waals surface area contributed by atoms with Gasteiger partial charge < -0.3 is 15.1 Å². The molecule has 0 spiro atoms. The highest BCUT2D eigenvalue weighted by molar-refractivity contribution is 5.74. The summed E-state index contributed by atoms with van der Waals surface area (Å²) in [7, 11) is 4.09. The molecule has 21 heavy (non-hydrogen) atoms. The van der Waals surface area contributed by atoms with Crippen LogP contribution >= 0.6 is 0 Å². The molecular formula is C17H25N3O. The third kappa shape index (κ3) is 6.27. The molecule has 114 valence electrons. The van der Waals surface area contributed by atoms with Crippen LogP contribution < -0.4 is 5.32 Å². The van der Waals surface area contributed by atoms with E-state index < -0.39 is 0 Å². The minimum absolute atomic E-state index is 0.104. The van der Waals surface area contributed by atoms with Crippen molar-refractivity contribution in [1.82, 2.24) is 15.1 Å². The van der Waals surface area contributed by atoms with Gasteiger partial charge in [-0.05, 0) is 25.2 Å². The van der Waals surface area contributed by atoms with Gasteiger partial charge in [-0.1, -0.05) is 36.4 Å². The Morgan fingerprint density at radius 2 is 1.62 bits per heavy atom. The summed E-state index contributed by atoms with van der Waals surface area (Å²) in [6.07, 6.45) is 3.41. The third-order valence-electron chi connectivity index (χ3n) is 2.95. The molecule has 0 saturated heterocycles. The molecule has 1 rings (SSSR count). The molecule has 0 unspecified atom stereocenters. The minimum Gasteiger partial charge on any atom is -0.334 e. The van der Waals surface area contributed by atoms with Gasteiger partial charge in [-0.3, -0.25) is 0 Å². The van der Waals surface area contributed by atoms with E-state index in [9.17, 15) is 4.79 Å². The Morgan fingerprint density at radius 1 is 1.10 bits per heavy atom. The Morgan fingerprint density at radius 3 is 2.10 bits per heavy atom. The third-order valence-corrected chi connectivity index (χ3v) is 2.95. The number of carbonyl (C=O) groups excluding carboxylic acids is 1. The lowest BCUT2D eigenvalue weighted by Crippen LogP contribution is -2.39. The minimum atomic E-state index is -0.104. The molecule has 0 fully saturated rings. The first-order valence-electron chi connectivity index (χ1n) is 7.04. The molecule has 0 radical (unpaired) electrons. The normalized spacial score (nSPS) is 10.2. The monoisotopic (exact) mass is 287 g/mol. The van der Waals surface area contributed by atoms with Crippen LogP contribution in [-0.2, 0) is 13.1 Å². The van der Waals surface area contributed by atoms with Crippen molar-refractivity contribution in [2.24, 2.45) is 0 Å². The molecule has 0 heterocycles. The second-order valence-electron chi connectivity index (χ2n) is 5.20. The van der Waals surface area contributed by atoms with Gasteiger partial charge in [0.15, 0.2) is 0 Å². The molecule has 0 atom stereocenters. The molecule has 0 saturated carbocycles. The molecule has 0 aromatic heterocycles. The highest BCUT2D eigenvalue weighted by atomic mass is 16.2. The number of nitrogens with one attached hydrogen (secondary N) is 1. The molecular weight excluding hydrogens is 262 g/mol. The van der Waals surface area contributed by atoms with E-state index in [1.165, 1.54) is 5.56 Å². The Kier molecular flexibility index (Phi) is 7.26. The van der Waals surface area contributed by atoms with Crippen molar-refractivity contribution in [3.05, 3.63) is 60.7 Å². The number of hydrogen-bond acceptors (Lipinski definition) is 2. The summed E-state index contributed by atoms with van der Waals surface area (Å²) in [6, 6.07) is 8.17. The average molecular weight is 287 g/mol. The van der Waals surface area contributed by atoms with E-state index in [0.29, 0.717) is 19.6 Å². The van der Waals surface area contributed by atoms with Gasteiger partial charge >= 0.3 is 6.03 Å². The number of benzene rings is 1. The SMILES string of the molecule is C=CCN(CC=C)C(=O)NCc1ccc(CN(C)C)cc1. The first-order chi connectivity index (χ1) is 10.1. The topological polar surface area (TPSA) is 35.6 Å². The Hall–Kier alpha value is -2.07. The average Bonchev–Trinajstić information content (AvgIpc) is 2.45. The number of rotatable bonds is 8. The molecule has 4 nitrogen and oxygen atoms in total. The largest absolute Gasteiger partial charge is 0.334 e. The van der Waals surface area contributed by atoms with Crippen molar-refractivity contribution in [2.45, 2.75) is 13.1 Å². The zero-order chi connectivity index (χ0) is 15.7. The lowest BCUT2D eigenvalue weighted by atomic mass is 10.1. The highest BCUT2D eigenvalue weighted by Gasteiger charge is 2.09. The maximum Gasteiger partial charge on any atom is 0.318 e. The molecule has 0 aliphatic rings. The highest BCUT2D eigenvalue weighted by Crippen LogP contribution is 2.06. The van der Waals surface area contributed by atoms with Gasteiger partial charge in [0.2, 0.25) is 0 Å². The van der Waals surface area contributed by atoms with E-state index in [1.807, 2.05) is 26.2 Å². The number of hydrogen-bond donors (Lipinski definition) is 1. The molecule has 1 aromatic rings. The van der Waals surface area contributed by atoms with Gasteiger partial charge in [-0.2, -0.15) is 0 Å². The molecule has 1 aromatic carbocycles. The van der Waals surface area contributed by atoms with E-state index in [2.05, 4.69) is 35.5 Å². The van der Waals surface area contributed by atoms with Crippen LogP contribution in [0, 0.1) is 0 Å².